The van der Waals surface area contributed by atoms with Crippen LogP contribution in [0, 0.1) is 0 Å². The lowest BCUT2D eigenvalue weighted by Gasteiger charge is -2.40. The lowest BCUT2D eigenvalue weighted by molar-refractivity contribution is -0.146. The van der Waals surface area contributed by atoms with Gasteiger partial charge in [0.15, 0.2) is 11.6 Å². The van der Waals surface area contributed by atoms with Gasteiger partial charge in [-0.1, -0.05) is 18.2 Å². The number of esters is 1. The Kier molecular flexibility index (Phi) is 14.3. The van der Waals surface area contributed by atoms with Crippen molar-refractivity contribution in [1.82, 2.24) is 30.4 Å². The van der Waals surface area contributed by atoms with Crippen molar-refractivity contribution in [2.24, 2.45) is 0 Å². The first-order valence-corrected chi connectivity index (χ1v) is 17.6. The number of nitrogens with zero attached hydrogens (tertiary/aromatic N) is 4. The first-order valence-electron chi connectivity index (χ1n) is 17.6. The molecule has 3 heterocycles. The SMILES string of the molecule is COC(=O)COCCCOCCCCCOc1ccc(CNC(=O)c2cccc(NC3(c4nnc(-c5ccncc5)[nH]4)CCN(C)CC3)c2)cc1. The Morgan fingerprint density at radius 2 is 1.63 bits per heavy atom. The molecule has 0 saturated carbocycles. The average Bonchev–Trinajstić information content (AvgIpc) is 3.68. The largest absolute Gasteiger partial charge is 0.494 e. The van der Waals surface area contributed by atoms with Crippen molar-refractivity contribution in [2.45, 2.75) is 50.6 Å². The smallest absolute Gasteiger partial charge is 0.331 e. The van der Waals surface area contributed by atoms with Gasteiger partial charge in [0.1, 0.15) is 12.4 Å². The summed E-state index contributed by atoms with van der Waals surface area (Å²) in [4.78, 5) is 34.1. The second-order valence-corrected chi connectivity index (χ2v) is 12.7. The summed E-state index contributed by atoms with van der Waals surface area (Å²) >= 11 is 0. The van der Waals surface area contributed by atoms with Crippen LogP contribution in [0.5, 0.6) is 5.75 Å². The van der Waals surface area contributed by atoms with Crippen LogP contribution in [0.3, 0.4) is 0 Å². The predicted molar refractivity (Wildman–Crippen MR) is 193 cm³/mol. The molecule has 4 aromatic rings. The Labute approximate surface area is 299 Å². The Bertz CT molecular complexity index is 1640. The molecule has 5 rings (SSSR count). The van der Waals surface area contributed by atoms with Crippen molar-refractivity contribution in [3.63, 3.8) is 0 Å². The van der Waals surface area contributed by atoms with Crippen LogP contribution in [0.2, 0.25) is 0 Å². The molecule has 13 nitrogen and oxygen atoms in total. The summed E-state index contributed by atoms with van der Waals surface area (Å²) in [5, 5.41) is 15.8. The van der Waals surface area contributed by atoms with Crippen LogP contribution < -0.4 is 15.4 Å². The van der Waals surface area contributed by atoms with Crippen molar-refractivity contribution in [2.75, 3.05) is 65.6 Å². The molecule has 1 fully saturated rings. The number of methoxy groups -OCH3 is 1. The molecule has 0 spiro atoms. The fourth-order valence-corrected chi connectivity index (χ4v) is 5.79. The van der Waals surface area contributed by atoms with E-state index in [1.54, 1.807) is 12.4 Å². The molecule has 2 aromatic heterocycles. The number of likely N-dealkylation sites (tertiary alicyclic amines) is 1. The fraction of sp³-hybridized carbons (Fsp3) is 0.447. The third-order valence-electron chi connectivity index (χ3n) is 8.85. The van der Waals surface area contributed by atoms with E-state index in [0.29, 0.717) is 44.4 Å². The molecule has 1 amide bonds. The molecule has 272 valence electrons. The summed E-state index contributed by atoms with van der Waals surface area (Å²) in [6, 6.07) is 19.2. The van der Waals surface area contributed by atoms with Crippen molar-refractivity contribution in [1.29, 1.82) is 0 Å². The maximum Gasteiger partial charge on any atom is 0.331 e. The van der Waals surface area contributed by atoms with Gasteiger partial charge in [-0.05, 0) is 93.6 Å². The van der Waals surface area contributed by atoms with Crippen LogP contribution in [0.25, 0.3) is 11.4 Å². The summed E-state index contributed by atoms with van der Waals surface area (Å²) in [5.41, 5.74) is 2.88. The molecule has 13 heteroatoms. The molecule has 51 heavy (non-hydrogen) atoms. The zero-order chi connectivity index (χ0) is 35.7. The van der Waals surface area contributed by atoms with E-state index in [4.69, 9.17) is 14.2 Å². The van der Waals surface area contributed by atoms with Crippen LogP contribution in [-0.4, -0.2) is 97.2 Å². The normalized spacial score (nSPS) is 14.2. The first-order chi connectivity index (χ1) is 24.9. The van der Waals surface area contributed by atoms with Gasteiger partial charge in [0.05, 0.1) is 19.3 Å². The van der Waals surface area contributed by atoms with Crippen molar-refractivity contribution in [3.8, 4) is 17.1 Å². The topological polar surface area (TPSA) is 153 Å². The van der Waals surface area contributed by atoms with Crippen LogP contribution in [-0.2, 0) is 31.1 Å². The lowest BCUT2D eigenvalue weighted by atomic mass is 9.86. The zero-order valence-corrected chi connectivity index (χ0v) is 29.6. The number of nitrogens with one attached hydrogen (secondary N) is 3. The minimum absolute atomic E-state index is 0.0223. The predicted octanol–water partition coefficient (Wildman–Crippen LogP) is 4.98. The van der Waals surface area contributed by atoms with E-state index in [1.807, 2.05) is 60.7 Å². The highest BCUT2D eigenvalue weighted by Gasteiger charge is 2.39. The van der Waals surface area contributed by atoms with Gasteiger partial charge in [0, 0.05) is 68.7 Å². The highest BCUT2D eigenvalue weighted by Crippen LogP contribution is 2.35. The number of carbonyl (C=O) groups is 2. The van der Waals surface area contributed by atoms with Crippen LogP contribution in [0.15, 0.2) is 73.1 Å². The number of carbonyl (C=O) groups excluding carboxylic acids is 2. The van der Waals surface area contributed by atoms with Crippen molar-refractivity contribution in [3.05, 3.63) is 90.0 Å². The summed E-state index contributed by atoms with van der Waals surface area (Å²) in [6.45, 7) is 4.57. The Morgan fingerprint density at radius 3 is 2.41 bits per heavy atom. The number of anilines is 1. The molecule has 1 saturated heterocycles. The molecule has 2 aromatic carbocycles. The minimum atomic E-state index is -0.455. The van der Waals surface area contributed by atoms with Gasteiger partial charge >= 0.3 is 5.97 Å². The molecule has 0 atom stereocenters. The number of benzene rings is 2. The van der Waals surface area contributed by atoms with E-state index < -0.39 is 5.54 Å². The number of rotatable bonds is 20. The second-order valence-electron chi connectivity index (χ2n) is 12.7. The summed E-state index contributed by atoms with van der Waals surface area (Å²) in [5.74, 6) is 1.76. The quantitative estimate of drug-likeness (QED) is 0.0847. The molecule has 3 N–H and O–H groups in total. The number of aromatic amines is 1. The zero-order valence-electron chi connectivity index (χ0n) is 29.6. The van der Waals surface area contributed by atoms with E-state index in [9.17, 15) is 9.59 Å². The monoisotopic (exact) mass is 699 g/mol. The third-order valence-corrected chi connectivity index (χ3v) is 8.85. The molecular weight excluding hydrogens is 650 g/mol. The van der Waals surface area contributed by atoms with E-state index >= 15 is 0 Å². The molecular formula is C38H49N7O6. The number of unbranched alkanes of at least 4 members (excludes halogenated alkanes) is 2. The Balaban J connectivity index is 1.03. The number of hydrogen-bond donors (Lipinski definition) is 3. The maximum absolute atomic E-state index is 13.2. The van der Waals surface area contributed by atoms with Crippen molar-refractivity contribution >= 4 is 17.6 Å². The molecule has 1 aliphatic rings. The maximum atomic E-state index is 13.2. The average molecular weight is 700 g/mol. The molecule has 0 bridgehead atoms. The summed E-state index contributed by atoms with van der Waals surface area (Å²) in [6.07, 6.45) is 8.78. The van der Waals surface area contributed by atoms with Crippen LogP contribution >= 0.6 is 0 Å². The number of H-pyrrole nitrogens is 1. The Morgan fingerprint density at radius 1 is 0.882 bits per heavy atom. The van der Waals surface area contributed by atoms with Crippen LogP contribution in [0.4, 0.5) is 5.69 Å². The van der Waals surface area contributed by atoms with Gasteiger partial charge in [0.25, 0.3) is 5.91 Å². The number of pyridine rings is 1. The Hall–Kier alpha value is -4.85. The third kappa shape index (κ3) is 11.6. The van der Waals surface area contributed by atoms with Gasteiger partial charge in [-0.2, -0.15) is 0 Å². The van der Waals surface area contributed by atoms with Gasteiger partial charge in [-0.3, -0.25) is 9.78 Å². The van der Waals surface area contributed by atoms with Crippen LogP contribution in [0.1, 0.15) is 60.3 Å². The number of hydrogen-bond acceptors (Lipinski definition) is 11. The van der Waals surface area contributed by atoms with Gasteiger partial charge in [0.2, 0.25) is 0 Å². The number of ether oxygens (including phenoxy) is 4. The number of piperidine rings is 1. The molecule has 0 radical (unpaired) electrons. The standard InChI is InChI=1S/C38H49N7O6/c1-45-20-16-38(17-21-45,37-41-35(43-44-37)30-14-18-39-19-15-30)42-32-9-6-8-31(26-32)36(47)40-27-29-10-12-33(13-11-29)51-25-5-3-4-22-49-23-7-24-50-28-34(46)48-2/h6,8-15,18-19,26,42H,3-5,7,16-17,20-25,27-28H2,1-2H3,(H,40,47)(H,41,43,44). The first kappa shape index (κ1) is 37.4. The molecule has 0 aliphatic carbocycles. The summed E-state index contributed by atoms with van der Waals surface area (Å²) < 4.78 is 21.2. The van der Waals surface area contributed by atoms with E-state index in [0.717, 1.165) is 80.0 Å². The fourth-order valence-electron chi connectivity index (χ4n) is 5.79. The van der Waals surface area contributed by atoms with Gasteiger partial charge in [-0.25, -0.2) is 4.79 Å². The van der Waals surface area contributed by atoms with Gasteiger partial charge < -0.3 is 39.5 Å². The van der Waals surface area contributed by atoms with E-state index in [2.05, 4.69) is 47.5 Å². The van der Waals surface area contributed by atoms with Crippen molar-refractivity contribution < 1.29 is 28.5 Å². The molecule has 0 unspecified atom stereocenters. The lowest BCUT2D eigenvalue weighted by Crippen LogP contribution is -2.46. The van der Waals surface area contributed by atoms with E-state index in [1.165, 1.54) is 7.11 Å². The summed E-state index contributed by atoms with van der Waals surface area (Å²) in [7, 11) is 3.46. The minimum Gasteiger partial charge on any atom is -0.494 e. The number of amides is 1. The second kappa shape index (κ2) is 19.5. The van der Waals surface area contributed by atoms with Gasteiger partial charge in [-0.15, -0.1) is 10.2 Å². The van der Waals surface area contributed by atoms with E-state index in [-0.39, 0.29) is 18.5 Å². The highest BCUT2D eigenvalue weighted by atomic mass is 16.6. The number of aromatic nitrogens is 4. The highest BCUT2D eigenvalue weighted by molar-refractivity contribution is 5.95. The molecule has 1 aliphatic heterocycles.